The maximum atomic E-state index is 13.1. The second-order valence-electron chi connectivity index (χ2n) is 12.3. The zero-order valence-electron chi connectivity index (χ0n) is 24.3. The molecule has 0 spiro atoms. The lowest BCUT2D eigenvalue weighted by Gasteiger charge is -2.49. The van der Waals surface area contributed by atoms with Gasteiger partial charge in [0.05, 0.1) is 30.8 Å². The largest absolute Gasteiger partial charge is 0.394 e. The van der Waals surface area contributed by atoms with E-state index in [-0.39, 0.29) is 44.0 Å². The van der Waals surface area contributed by atoms with Gasteiger partial charge in [-0.05, 0) is 38.8 Å². The standard InChI is InChI=1S/C26H51N7O10/c27-4-1-5-32-14-3-2-12(9-28)40-23(14)42-21-13(30)6-15(33-25(38)26(39)7-11(29)8-26)22(20(21)37)43-24-19(36)17(31)18(35)16(10-34)41-24/h11-24,32,34-37,39H,1-10,27-31H2,(H,33,38)/t11?,12-,13-,14+,15+,16+,17-,18+,19+,20-,21?,22-,23+,24+,26?/m0/s1. The van der Waals surface area contributed by atoms with Crippen molar-refractivity contribution in [1.82, 2.24) is 10.6 Å². The number of nitrogens with two attached hydrogens (primary N) is 5. The first kappa shape index (κ1) is 34.7. The van der Waals surface area contributed by atoms with Crippen LogP contribution in [-0.4, -0.2) is 149 Å². The Bertz CT molecular complexity index is 900. The van der Waals surface area contributed by atoms with Crippen molar-refractivity contribution in [3.63, 3.8) is 0 Å². The highest BCUT2D eigenvalue weighted by atomic mass is 16.7. The number of aliphatic hydroxyl groups is 5. The van der Waals surface area contributed by atoms with E-state index < -0.39 is 85.4 Å². The van der Waals surface area contributed by atoms with Gasteiger partial charge in [-0.2, -0.15) is 0 Å². The number of ether oxygens (including phenoxy) is 4. The van der Waals surface area contributed by atoms with Crippen LogP contribution in [0.2, 0.25) is 0 Å². The van der Waals surface area contributed by atoms with Crippen molar-refractivity contribution in [1.29, 1.82) is 0 Å². The Morgan fingerprint density at radius 3 is 2.26 bits per heavy atom. The predicted molar refractivity (Wildman–Crippen MR) is 151 cm³/mol. The lowest BCUT2D eigenvalue weighted by Crippen LogP contribution is -2.70. The molecular weight excluding hydrogens is 570 g/mol. The highest BCUT2D eigenvalue weighted by Crippen LogP contribution is 2.34. The third-order valence-corrected chi connectivity index (χ3v) is 8.98. The molecule has 0 aromatic rings. The van der Waals surface area contributed by atoms with E-state index in [1.807, 2.05) is 0 Å². The summed E-state index contributed by atoms with van der Waals surface area (Å²) in [6, 6.07) is -3.59. The van der Waals surface area contributed by atoms with E-state index in [9.17, 15) is 30.3 Å². The summed E-state index contributed by atoms with van der Waals surface area (Å²) in [5.74, 6) is -0.706. The van der Waals surface area contributed by atoms with E-state index in [0.29, 0.717) is 25.9 Å². The summed E-state index contributed by atoms with van der Waals surface area (Å²) >= 11 is 0. The second-order valence-corrected chi connectivity index (χ2v) is 12.3. The molecule has 43 heavy (non-hydrogen) atoms. The fourth-order valence-electron chi connectivity index (χ4n) is 6.31. The highest BCUT2D eigenvalue weighted by molar-refractivity contribution is 5.86. The van der Waals surface area contributed by atoms with Crippen LogP contribution in [0.25, 0.3) is 0 Å². The minimum atomic E-state index is -1.68. The maximum absolute atomic E-state index is 13.1. The van der Waals surface area contributed by atoms with Crippen LogP contribution in [0, 0.1) is 0 Å². The number of amides is 1. The third-order valence-electron chi connectivity index (χ3n) is 8.98. The Hall–Kier alpha value is -1.13. The Morgan fingerprint density at radius 2 is 1.63 bits per heavy atom. The molecule has 17 N–H and O–H groups in total. The molecule has 0 aromatic heterocycles. The summed E-state index contributed by atoms with van der Waals surface area (Å²) in [6.45, 7) is 0.789. The van der Waals surface area contributed by atoms with E-state index in [0.717, 1.165) is 6.42 Å². The first-order chi connectivity index (χ1) is 20.4. The Morgan fingerprint density at radius 1 is 0.930 bits per heavy atom. The molecule has 0 bridgehead atoms. The summed E-state index contributed by atoms with van der Waals surface area (Å²) in [5.41, 5.74) is 28.1. The molecule has 1 unspecified atom stereocenters. The molecular formula is C26H51N7O10. The first-order valence-corrected chi connectivity index (χ1v) is 15.1. The Labute approximate surface area is 250 Å². The van der Waals surface area contributed by atoms with Crippen LogP contribution in [0.4, 0.5) is 0 Å². The lowest BCUT2D eigenvalue weighted by atomic mass is 9.75. The van der Waals surface area contributed by atoms with Gasteiger partial charge in [0.15, 0.2) is 12.6 Å². The van der Waals surface area contributed by atoms with Crippen LogP contribution in [0.5, 0.6) is 0 Å². The number of rotatable bonds is 12. The number of aliphatic hydroxyl groups excluding tert-OH is 4. The van der Waals surface area contributed by atoms with Crippen LogP contribution >= 0.6 is 0 Å². The number of nitrogens with one attached hydrogen (secondary N) is 2. The van der Waals surface area contributed by atoms with Crippen molar-refractivity contribution in [2.24, 2.45) is 28.7 Å². The highest BCUT2D eigenvalue weighted by Gasteiger charge is 2.53. The normalized spacial score (nSPS) is 47.1. The maximum Gasteiger partial charge on any atom is 0.252 e. The zero-order chi connectivity index (χ0) is 31.5. The van der Waals surface area contributed by atoms with Gasteiger partial charge in [0.1, 0.15) is 42.2 Å². The summed E-state index contributed by atoms with van der Waals surface area (Å²) in [7, 11) is 0. The topological polar surface area (TPSA) is 309 Å². The van der Waals surface area contributed by atoms with Gasteiger partial charge in [-0.15, -0.1) is 0 Å². The van der Waals surface area contributed by atoms with E-state index in [1.165, 1.54) is 0 Å². The quantitative estimate of drug-likeness (QED) is 0.0902. The molecule has 2 heterocycles. The van der Waals surface area contributed by atoms with Gasteiger partial charge in [0.2, 0.25) is 0 Å². The van der Waals surface area contributed by atoms with Gasteiger partial charge in [0.25, 0.3) is 5.91 Å². The van der Waals surface area contributed by atoms with Gasteiger partial charge in [-0.1, -0.05) is 0 Å². The molecule has 4 rings (SSSR count). The predicted octanol–water partition coefficient (Wildman–Crippen LogP) is -6.28. The van der Waals surface area contributed by atoms with Crippen LogP contribution in [0.3, 0.4) is 0 Å². The number of carbonyl (C=O) groups is 1. The second kappa shape index (κ2) is 15.0. The molecule has 13 atom stereocenters. The molecule has 1 amide bonds. The van der Waals surface area contributed by atoms with Gasteiger partial charge in [-0.3, -0.25) is 4.79 Å². The summed E-state index contributed by atoms with van der Waals surface area (Å²) < 4.78 is 24.1. The van der Waals surface area contributed by atoms with Gasteiger partial charge >= 0.3 is 0 Å². The molecule has 4 aliphatic rings. The van der Waals surface area contributed by atoms with Gasteiger partial charge in [0, 0.05) is 31.5 Å². The van der Waals surface area contributed by atoms with E-state index in [1.54, 1.807) is 0 Å². The Balaban J connectivity index is 1.55. The van der Waals surface area contributed by atoms with Gasteiger partial charge in [-0.25, -0.2) is 0 Å². The molecule has 2 aliphatic heterocycles. The van der Waals surface area contributed by atoms with Crippen LogP contribution in [-0.2, 0) is 23.7 Å². The summed E-state index contributed by atoms with van der Waals surface area (Å²) in [6.07, 6.45) is -8.23. The number of carbonyl (C=O) groups excluding carboxylic acids is 1. The van der Waals surface area contributed by atoms with Crippen molar-refractivity contribution in [3.05, 3.63) is 0 Å². The zero-order valence-corrected chi connectivity index (χ0v) is 24.3. The van der Waals surface area contributed by atoms with E-state index >= 15 is 0 Å². The molecule has 2 saturated heterocycles. The van der Waals surface area contributed by atoms with Gasteiger partial charge < -0.3 is 83.8 Å². The minimum absolute atomic E-state index is 0.0412. The molecule has 0 aromatic carbocycles. The molecule has 17 nitrogen and oxygen atoms in total. The van der Waals surface area contributed by atoms with E-state index in [2.05, 4.69) is 10.6 Å². The van der Waals surface area contributed by atoms with Crippen LogP contribution in [0.15, 0.2) is 0 Å². The van der Waals surface area contributed by atoms with Crippen molar-refractivity contribution in [2.75, 3.05) is 26.2 Å². The minimum Gasteiger partial charge on any atom is -0.394 e. The van der Waals surface area contributed by atoms with Crippen molar-refractivity contribution < 1.29 is 49.3 Å². The smallest absolute Gasteiger partial charge is 0.252 e. The van der Waals surface area contributed by atoms with Crippen molar-refractivity contribution >= 4 is 5.91 Å². The molecule has 17 heteroatoms. The fourth-order valence-corrected chi connectivity index (χ4v) is 6.31. The van der Waals surface area contributed by atoms with Crippen LogP contribution < -0.4 is 39.3 Å². The average Bonchev–Trinajstić information content (AvgIpc) is 2.96. The lowest BCUT2D eigenvalue weighted by molar-refractivity contribution is -0.314. The summed E-state index contributed by atoms with van der Waals surface area (Å²) in [5, 5.41) is 59.1. The molecule has 250 valence electrons. The Kier molecular flexibility index (Phi) is 12.1. The molecule has 2 saturated carbocycles. The van der Waals surface area contributed by atoms with E-state index in [4.69, 9.17) is 47.6 Å². The van der Waals surface area contributed by atoms with Crippen molar-refractivity contribution in [2.45, 2.75) is 130 Å². The molecule has 2 aliphatic carbocycles. The first-order valence-electron chi connectivity index (χ1n) is 15.1. The van der Waals surface area contributed by atoms with Crippen LogP contribution in [0.1, 0.15) is 38.5 Å². The molecule has 4 fully saturated rings. The monoisotopic (exact) mass is 621 g/mol. The molecule has 0 radical (unpaired) electrons. The van der Waals surface area contributed by atoms with Crippen molar-refractivity contribution in [3.8, 4) is 0 Å². The number of hydrogen-bond acceptors (Lipinski definition) is 16. The third kappa shape index (κ3) is 7.82. The summed E-state index contributed by atoms with van der Waals surface area (Å²) in [4.78, 5) is 13.1. The fraction of sp³-hybridized carbons (Fsp3) is 0.962. The SMILES string of the molecule is NCCCN[C@@H]1CC[C@@H](CN)O[C@@H]1OC1[C@@H](N)C[C@@H](NC(=O)C2(O)CC(N)C2)[C@H](O[C@H]2O[C@H](CO)[C@@H](O)[C@H](N)[C@H]2O)[C@H]1O. The number of hydrogen-bond donors (Lipinski definition) is 12. The average molecular weight is 622 g/mol.